The molecule has 0 saturated carbocycles. The molecule has 56 valence electrons. The SMILES string of the molecule is O=C1CCC(C(=O)Cl)CN1. The van der Waals surface area contributed by atoms with E-state index in [1.165, 1.54) is 0 Å². The van der Waals surface area contributed by atoms with Crippen LogP contribution in [0.4, 0.5) is 0 Å². The van der Waals surface area contributed by atoms with Gasteiger partial charge in [-0.05, 0) is 18.0 Å². The molecule has 1 atom stereocenters. The minimum Gasteiger partial charge on any atom is -0.355 e. The monoisotopic (exact) mass is 161 g/mol. The molecule has 0 radical (unpaired) electrons. The van der Waals surface area contributed by atoms with Gasteiger partial charge in [0.2, 0.25) is 11.1 Å². The van der Waals surface area contributed by atoms with E-state index in [-0.39, 0.29) is 17.1 Å². The zero-order chi connectivity index (χ0) is 7.56. The minimum atomic E-state index is -0.347. The fourth-order valence-corrected chi connectivity index (χ4v) is 1.11. The van der Waals surface area contributed by atoms with E-state index in [2.05, 4.69) is 5.32 Å². The Bertz CT molecular complexity index is 159. The lowest BCUT2D eigenvalue weighted by atomic mass is 10.0. The van der Waals surface area contributed by atoms with E-state index in [9.17, 15) is 9.59 Å². The summed E-state index contributed by atoms with van der Waals surface area (Å²) in [5.41, 5.74) is 0. The van der Waals surface area contributed by atoms with E-state index < -0.39 is 0 Å². The van der Waals surface area contributed by atoms with Gasteiger partial charge < -0.3 is 5.32 Å². The highest BCUT2D eigenvalue weighted by Gasteiger charge is 2.22. The van der Waals surface area contributed by atoms with Crippen molar-refractivity contribution in [1.82, 2.24) is 5.32 Å². The second kappa shape index (κ2) is 3.01. The summed E-state index contributed by atoms with van der Waals surface area (Å²) in [7, 11) is 0. The molecule has 1 unspecified atom stereocenters. The van der Waals surface area contributed by atoms with Crippen LogP contribution in [0.15, 0.2) is 0 Å². The molecule has 1 fully saturated rings. The molecule has 0 bridgehead atoms. The molecule has 0 aromatic carbocycles. The van der Waals surface area contributed by atoms with Crippen LogP contribution in [0, 0.1) is 5.92 Å². The Labute approximate surface area is 63.7 Å². The van der Waals surface area contributed by atoms with Crippen molar-refractivity contribution < 1.29 is 9.59 Å². The number of hydrogen-bond acceptors (Lipinski definition) is 2. The Kier molecular flexibility index (Phi) is 2.27. The van der Waals surface area contributed by atoms with E-state index in [4.69, 9.17) is 11.6 Å². The van der Waals surface area contributed by atoms with Gasteiger partial charge in [-0.15, -0.1) is 0 Å². The maximum Gasteiger partial charge on any atom is 0.226 e. The van der Waals surface area contributed by atoms with Crippen molar-refractivity contribution in [2.75, 3.05) is 6.54 Å². The number of carbonyl (C=O) groups is 2. The maximum absolute atomic E-state index is 10.6. The molecule has 1 aliphatic heterocycles. The average molecular weight is 162 g/mol. The summed E-state index contributed by atoms with van der Waals surface area (Å²) < 4.78 is 0. The van der Waals surface area contributed by atoms with Crippen LogP contribution >= 0.6 is 11.6 Å². The van der Waals surface area contributed by atoms with Crippen molar-refractivity contribution in [3.8, 4) is 0 Å². The fourth-order valence-electron chi connectivity index (χ4n) is 0.927. The standard InChI is InChI=1S/C6H8ClNO2/c7-6(10)4-1-2-5(9)8-3-4/h4H,1-3H2,(H,8,9). The molecular formula is C6H8ClNO2. The highest BCUT2D eigenvalue weighted by Crippen LogP contribution is 2.12. The van der Waals surface area contributed by atoms with Crippen LogP contribution in [0.25, 0.3) is 0 Å². The van der Waals surface area contributed by atoms with Crippen molar-refractivity contribution in [3.05, 3.63) is 0 Å². The normalized spacial score (nSPS) is 25.7. The lowest BCUT2D eigenvalue weighted by Gasteiger charge is -2.18. The summed E-state index contributed by atoms with van der Waals surface area (Å²) in [6.07, 6.45) is 1.01. The molecule has 0 aromatic heterocycles. The third kappa shape index (κ3) is 1.70. The second-order valence-electron chi connectivity index (χ2n) is 2.34. The van der Waals surface area contributed by atoms with Gasteiger partial charge in [0.15, 0.2) is 0 Å². The molecule has 1 amide bonds. The molecule has 1 heterocycles. The van der Waals surface area contributed by atoms with E-state index in [0.717, 1.165) is 0 Å². The van der Waals surface area contributed by atoms with E-state index in [0.29, 0.717) is 19.4 Å². The highest BCUT2D eigenvalue weighted by molar-refractivity contribution is 6.64. The van der Waals surface area contributed by atoms with Gasteiger partial charge in [-0.3, -0.25) is 9.59 Å². The molecule has 0 aliphatic carbocycles. The molecule has 10 heavy (non-hydrogen) atoms. The minimum absolute atomic E-state index is 0.00849. The maximum atomic E-state index is 10.6. The average Bonchev–Trinajstić information content (AvgIpc) is 1.88. The Balaban J connectivity index is 2.40. The first-order valence-corrected chi connectivity index (χ1v) is 3.54. The molecular weight excluding hydrogens is 154 g/mol. The lowest BCUT2D eigenvalue weighted by Crippen LogP contribution is -2.37. The van der Waals surface area contributed by atoms with Crippen molar-refractivity contribution in [2.24, 2.45) is 5.92 Å². The number of nitrogens with one attached hydrogen (secondary N) is 1. The number of piperidine rings is 1. The van der Waals surface area contributed by atoms with E-state index in [1.54, 1.807) is 0 Å². The van der Waals surface area contributed by atoms with Crippen LogP contribution in [0.5, 0.6) is 0 Å². The van der Waals surface area contributed by atoms with Crippen LogP contribution in [-0.4, -0.2) is 17.7 Å². The van der Waals surface area contributed by atoms with Gasteiger partial charge in [-0.2, -0.15) is 0 Å². The van der Waals surface area contributed by atoms with Gasteiger partial charge in [-0.25, -0.2) is 0 Å². The van der Waals surface area contributed by atoms with Crippen molar-refractivity contribution >= 4 is 22.8 Å². The molecule has 1 N–H and O–H groups in total. The summed E-state index contributed by atoms with van der Waals surface area (Å²) in [4.78, 5) is 21.1. The predicted octanol–water partition coefficient (Wildman–Crippen LogP) is 0.278. The molecule has 1 saturated heterocycles. The summed E-state index contributed by atoms with van der Waals surface area (Å²) in [5.74, 6) is -0.159. The smallest absolute Gasteiger partial charge is 0.226 e. The molecule has 0 spiro atoms. The number of rotatable bonds is 1. The number of hydrogen-bond donors (Lipinski definition) is 1. The molecule has 1 aliphatic rings. The lowest BCUT2D eigenvalue weighted by molar-refractivity contribution is -0.124. The largest absolute Gasteiger partial charge is 0.355 e. The van der Waals surface area contributed by atoms with Gasteiger partial charge in [-0.1, -0.05) is 0 Å². The summed E-state index contributed by atoms with van der Waals surface area (Å²) in [6.45, 7) is 0.404. The third-order valence-corrected chi connectivity index (χ3v) is 1.90. The van der Waals surface area contributed by atoms with Gasteiger partial charge in [0.05, 0.1) is 5.92 Å². The van der Waals surface area contributed by atoms with Crippen LogP contribution in [-0.2, 0) is 9.59 Å². The zero-order valence-electron chi connectivity index (χ0n) is 5.39. The first-order chi connectivity index (χ1) is 4.70. The first kappa shape index (κ1) is 7.54. The van der Waals surface area contributed by atoms with Crippen LogP contribution in [0.1, 0.15) is 12.8 Å². The molecule has 0 aromatic rings. The zero-order valence-corrected chi connectivity index (χ0v) is 6.15. The molecule has 1 rings (SSSR count). The molecule has 3 nitrogen and oxygen atoms in total. The third-order valence-electron chi connectivity index (χ3n) is 1.59. The number of carbonyl (C=O) groups excluding carboxylic acids is 2. The Morgan fingerprint density at radius 1 is 1.70 bits per heavy atom. The van der Waals surface area contributed by atoms with Crippen molar-refractivity contribution in [2.45, 2.75) is 12.8 Å². The Hall–Kier alpha value is -0.570. The topological polar surface area (TPSA) is 46.2 Å². The van der Waals surface area contributed by atoms with Gasteiger partial charge in [0, 0.05) is 13.0 Å². The highest BCUT2D eigenvalue weighted by atomic mass is 35.5. The summed E-state index contributed by atoms with van der Waals surface area (Å²) >= 11 is 5.21. The van der Waals surface area contributed by atoms with Crippen LogP contribution < -0.4 is 5.32 Å². The second-order valence-corrected chi connectivity index (χ2v) is 2.72. The predicted molar refractivity (Wildman–Crippen MR) is 36.6 cm³/mol. The van der Waals surface area contributed by atoms with Gasteiger partial charge in [0.1, 0.15) is 0 Å². The molecule has 4 heteroatoms. The summed E-state index contributed by atoms with van der Waals surface area (Å²) in [5, 5.41) is 2.22. The Morgan fingerprint density at radius 2 is 2.40 bits per heavy atom. The van der Waals surface area contributed by atoms with E-state index in [1.807, 2.05) is 0 Å². The van der Waals surface area contributed by atoms with Crippen molar-refractivity contribution in [3.63, 3.8) is 0 Å². The Morgan fingerprint density at radius 3 is 2.80 bits per heavy atom. The van der Waals surface area contributed by atoms with Crippen molar-refractivity contribution in [1.29, 1.82) is 0 Å². The number of amides is 1. The summed E-state index contributed by atoms with van der Waals surface area (Å²) in [6, 6.07) is 0. The van der Waals surface area contributed by atoms with Crippen LogP contribution in [0.2, 0.25) is 0 Å². The first-order valence-electron chi connectivity index (χ1n) is 3.16. The number of halogens is 1. The van der Waals surface area contributed by atoms with E-state index >= 15 is 0 Å². The van der Waals surface area contributed by atoms with Crippen LogP contribution in [0.3, 0.4) is 0 Å². The quantitative estimate of drug-likeness (QED) is 0.562. The van der Waals surface area contributed by atoms with Gasteiger partial charge in [0.25, 0.3) is 0 Å². The fraction of sp³-hybridized carbons (Fsp3) is 0.667. The van der Waals surface area contributed by atoms with Gasteiger partial charge >= 0.3 is 0 Å².